The van der Waals surface area contributed by atoms with E-state index in [-0.39, 0.29) is 6.10 Å². The summed E-state index contributed by atoms with van der Waals surface area (Å²) < 4.78 is 8.82. The van der Waals surface area contributed by atoms with Crippen molar-refractivity contribution in [3.63, 3.8) is 0 Å². The average Bonchev–Trinajstić information content (AvgIpc) is 2.26. The van der Waals surface area contributed by atoms with Crippen molar-refractivity contribution in [2.24, 2.45) is 5.14 Å². The summed E-state index contributed by atoms with van der Waals surface area (Å²) in [6.07, 6.45) is 2.41. The highest BCUT2D eigenvalue weighted by Gasteiger charge is 2.18. The van der Waals surface area contributed by atoms with Crippen LogP contribution in [0.4, 0.5) is 0 Å². The van der Waals surface area contributed by atoms with Crippen LogP contribution in [0, 0.1) is 0 Å². The molecular formula is C10H14N2OS. The molecule has 1 aliphatic heterocycles. The van der Waals surface area contributed by atoms with Crippen LogP contribution in [0.1, 0.15) is 12.0 Å². The molecule has 0 aliphatic carbocycles. The Bertz CT molecular complexity index is 306. The first-order valence-corrected chi connectivity index (χ1v) is 5.61. The summed E-state index contributed by atoms with van der Waals surface area (Å²) in [5.41, 5.74) is 1.31. The maximum absolute atomic E-state index is 5.80. The van der Waals surface area contributed by atoms with Crippen LogP contribution in [0.3, 0.4) is 0 Å². The van der Waals surface area contributed by atoms with Crippen molar-refractivity contribution in [1.29, 1.82) is 0 Å². The lowest BCUT2D eigenvalue weighted by Gasteiger charge is -2.25. The summed E-state index contributed by atoms with van der Waals surface area (Å²) in [6.45, 7) is 0.801. The van der Waals surface area contributed by atoms with Gasteiger partial charge in [-0.3, -0.25) is 5.14 Å². The molecule has 4 heteroatoms. The maximum atomic E-state index is 5.80. The predicted molar refractivity (Wildman–Crippen MR) is 59.0 cm³/mol. The van der Waals surface area contributed by atoms with Gasteiger partial charge in [0.2, 0.25) is 0 Å². The maximum Gasteiger partial charge on any atom is 0.122 e. The summed E-state index contributed by atoms with van der Waals surface area (Å²) in [7, 11) is 0. The van der Waals surface area contributed by atoms with Gasteiger partial charge in [-0.1, -0.05) is 18.2 Å². The zero-order valence-corrected chi connectivity index (χ0v) is 8.72. The monoisotopic (exact) mass is 210 g/mol. The van der Waals surface area contributed by atoms with Crippen LogP contribution in [0.25, 0.3) is 0 Å². The minimum atomic E-state index is 0.251. The van der Waals surface area contributed by atoms with Gasteiger partial charge in [0.25, 0.3) is 0 Å². The van der Waals surface area contributed by atoms with Crippen molar-refractivity contribution in [3.05, 3.63) is 29.8 Å². The summed E-state index contributed by atoms with van der Waals surface area (Å²) >= 11 is 1.15. The van der Waals surface area contributed by atoms with Gasteiger partial charge in [0.1, 0.15) is 11.9 Å². The van der Waals surface area contributed by atoms with Crippen LogP contribution in [0.2, 0.25) is 0 Å². The van der Waals surface area contributed by atoms with Gasteiger partial charge < -0.3 is 4.74 Å². The van der Waals surface area contributed by atoms with Crippen LogP contribution >= 0.6 is 12.1 Å². The normalized spacial score (nSPS) is 19.9. The lowest BCUT2D eigenvalue weighted by Crippen LogP contribution is -2.32. The highest BCUT2D eigenvalue weighted by atomic mass is 32.2. The Kier molecular flexibility index (Phi) is 3.29. The molecule has 0 spiro atoms. The average molecular weight is 210 g/mol. The number of nitrogens with one attached hydrogen (secondary N) is 1. The molecule has 1 aliphatic rings. The Hall–Kier alpha value is -0.710. The summed E-state index contributed by atoms with van der Waals surface area (Å²) in [4.78, 5) is 0. The number of para-hydroxylation sites is 1. The van der Waals surface area contributed by atoms with E-state index in [1.165, 1.54) is 5.56 Å². The zero-order valence-electron chi connectivity index (χ0n) is 7.90. The molecule has 1 atom stereocenters. The van der Waals surface area contributed by atoms with Crippen LogP contribution in [0.5, 0.6) is 5.75 Å². The fraction of sp³-hybridized carbons (Fsp3) is 0.400. The molecule has 14 heavy (non-hydrogen) atoms. The molecule has 0 aromatic heterocycles. The molecule has 1 aromatic carbocycles. The number of fused-ring (bicyclic) bond motifs is 1. The molecule has 1 heterocycles. The van der Waals surface area contributed by atoms with Gasteiger partial charge in [-0.2, -0.15) is 0 Å². The largest absolute Gasteiger partial charge is 0.489 e. The van der Waals surface area contributed by atoms with Gasteiger partial charge in [-0.05, 0) is 24.5 Å². The van der Waals surface area contributed by atoms with E-state index in [0.29, 0.717) is 0 Å². The quantitative estimate of drug-likeness (QED) is 0.742. The van der Waals surface area contributed by atoms with Crippen molar-refractivity contribution < 1.29 is 4.74 Å². The van der Waals surface area contributed by atoms with E-state index in [4.69, 9.17) is 9.88 Å². The van der Waals surface area contributed by atoms with Crippen molar-refractivity contribution in [2.75, 3.05) is 6.54 Å². The van der Waals surface area contributed by atoms with E-state index in [2.05, 4.69) is 16.9 Å². The number of nitrogens with two attached hydrogens (primary N) is 1. The first-order chi connectivity index (χ1) is 6.90. The number of aryl methyl sites for hydroxylation is 1. The van der Waals surface area contributed by atoms with Gasteiger partial charge in [0.15, 0.2) is 0 Å². The minimum Gasteiger partial charge on any atom is -0.489 e. The molecule has 0 amide bonds. The van der Waals surface area contributed by atoms with Crippen LogP contribution < -0.4 is 14.6 Å². The van der Waals surface area contributed by atoms with E-state index >= 15 is 0 Å². The summed E-state index contributed by atoms with van der Waals surface area (Å²) in [5, 5.41) is 5.29. The molecule has 1 unspecified atom stereocenters. The fourth-order valence-corrected chi connectivity index (χ4v) is 1.95. The molecule has 0 bridgehead atoms. The number of benzene rings is 1. The molecule has 0 saturated heterocycles. The molecule has 0 fully saturated rings. The second-order valence-corrected chi connectivity index (χ2v) is 3.88. The molecule has 76 valence electrons. The smallest absolute Gasteiger partial charge is 0.122 e. The lowest BCUT2D eigenvalue weighted by atomic mass is 10.0. The molecular weight excluding hydrogens is 196 g/mol. The topological polar surface area (TPSA) is 47.3 Å². The predicted octanol–water partition coefficient (Wildman–Crippen LogP) is 1.49. The highest BCUT2D eigenvalue weighted by Crippen LogP contribution is 2.26. The van der Waals surface area contributed by atoms with Crippen molar-refractivity contribution in [1.82, 2.24) is 4.72 Å². The van der Waals surface area contributed by atoms with Gasteiger partial charge in [0.05, 0.1) is 0 Å². The number of ether oxygens (including phenoxy) is 1. The van der Waals surface area contributed by atoms with E-state index in [1.54, 1.807) is 0 Å². The minimum absolute atomic E-state index is 0.251. The Balaban J connectivity index is 1.99. The molecule has 0 radical (unpaired) electrons. The van der Waals surface area contributed by atoms with Gasteiger partial charge in [-0.15, -0.1) is 0 Å². The van der Waals surface area contributed by atoms with E-state index in [1.807, 2.05) is 12.1 Å². The fourth-order valence-electron chi connectivity index (χ4n) is 1.67. The van der Waals surface area contributed by atoms with Gasteiger partial charge >= 0.3 is 0 Å². The first kappa shape index (κ1) is 9.83. The molecule has 3 N–H and O–H groups in total. The SMILES string of the molecule is NSNCC1CCc2ccccc2O1. The Morgan fingerprint density at radius 2 is 2.36 bits per heavy atom. The number of hydrogen-bond donors (Lipinski definition) is 2. The summed E-state index contributed by atoms with van der Waals surface area (Å²) in [6, 6.07) is 8.20. The zero-order chi connectivity index (χ0) is 9.80. The van der Waals surface area contributed by atoms with Gasteiger partial charge in [0, 0.05) is 18.7 Å². The second kappa shape index (κ2) is 4.68. The number of rotatable bonds is 3. The van der Waals surface area contributed by atoms with Crippen molar-refractivity contribution in [3.8, 4) is 5.75 Å². The standard InChI is InChI=1S/C10H14N2OS/c11-14-12-7-9-6-5-8-3-1-2-4-10(8)13-9/h1-4,9,12H,5-7,11H2. The first-order valence-electron chi connectivity index (χ1n) is 4.73. The van der Waals surface area contributed by atoms with E-state index < -0.39 is 0 Å². The third kappa shape index (κ3) is 2.20. The van der Waals surface area contributed by atoms with Gasteiger partial charge in [-0.25, -0.2) is 4.72 Å². The lowest BCUT2D eigenvalue weighted by molar-refractivity contribution is 0.178. The Morgan fingerprint density at radius 3 is 3.21 bits per heavy atom. The van der Waals surface area contributed by atoms with E-state index in [9.17, 15) is 0 Å². The number of hydrogen-bond acceptors (Lipinski definition) is 4. The molecule has 0 saturated carbocycles. The summed E-state index contributed by atoms with van der Waals surface area (Å²) in [5.74, 6) is 1.02. The molecule has 2 rings (SSSR count). The Morgan fingerprint density at radius 1 is 1.50 bits per heavy atom. The van der Waals surface area contributed by atoms with Crippen LogP contribution in [0.15, 0.2) is 24.3 Å². The van der Waals surface area contributed by atoms with Crippen LogP contribution in [-0.2, 0) is 6.42 Å². The highest BCUT2D eigenvalue weighted by molar-refractivity contribution is 7.95. The van der Waals surface area contributed by atoms with Crippen molar-refractivity contribution in [2.45, 2.75) is 18.9 Å². The third-order valence-corrected chi connectivity index (χ3v) is 2.73. The Labute approximate surface area is 88.3 Å². The second-order valence-electron chi connectivity index (χ2n) is 3.35. The molecule has 1 aromatic rings. The van der Waals surface area contributed by atoms with E-state index in [0.717, 1.165) is 37.3 Å². The third-order valence-electron chi connectivity index (χ3n) is 2.40. The van der Waals surface area contributed by atoms with Crippen LogP contribution in [-0.4, -0.2) is 12.6 Å². The molecule has 3 nitrogen and oxygen atoms in total. The van der Waals surface area contributed by atoms with Crippen molar-refractivity contribution >= 4 is 12.1 Å².